The fourth-order valence-corrected chi connectivity index (χ4v) is 2.26. The zero-order valence-corrected chi connectivity index (χ0v) is 12.1. The van der Waals surface area contributed by atoms with Crippen molar-refractivity contribution in [3.05, 3.63) is 33.8 Å². The molecule has 18 heavy (non-hydrogen) atoms. The molecular weight excluding hydrogens is 327 g/mol. The van der Waals surface area contributed by atoms with E-state index in [9.17, 15) is 13.6 Å². The highest BCUT2D eigenvalue weighted by molar-refractivity contribution is 9.10. The van der Waals surface area contributed by atoms with E-state index < -0.39 is 18.9 Å². The Hall–Kier alpha value is -0.680. The summed E-state index contributed by atoms with van der Waals surface area (Å²) in [6, 6.07) is 5.10. The highest BCUT2D eigenvalue weighted by atomic mass is 79.9. The van der Waals surface area contributed by atoms with E-state index in [1.165, 1.54) is 0 Å². The standard InChI is InChI=1S/C12H13BrClF2NO/c1-8-6-9(13)2-3-10(8)12(18)17(5-4-14)7-11(15)16/h2-3,6,11H,4-5,7H2,1H3. The number of alkyl halides is 3. The molecule has 1 rings (SSSR count). The average Bonchev–Trinajstić information content (AvgIpc) is 2.27. The lowest BCUT2D eigenvalue weighted by atomic mass is 10.1. The zero-order chi connectivity index (χ0) is 13.7. The maximum absolute atomic E-state index is 12.4. The topological polar surface area (TPSA) is 20.3 Å². The van der Waals surface area contributed by atoms with Crippen molar-refractivity contribution in [2.24, 2.45) is 0 Å². The number of amides is 1. The van der Waals surface area contributed by atoms with Crippen LogP contribution < -0.4 is 0 Å². The molecule has 1 aromatic carbocycles. The molecular formula is C12H13BrClF2NO. The number of hydrogen-bond donors (Lipinski definition) is 0. The number of nitrogens with zero attached hydrogens (tertiary/aromatic N) is 1. The second-order valence-electron chi connectivity index (χ2n) is 3.79. The highest BCUT2D eigenvalue weighted by Crippen LogP contribution is 2.18. The van der Waals surface area contributed by atoms with Gasteiger partial charge in [0.1, 0.15) is 0 Å². The van der Waals surface area contributed by atoms with Crippen LogP contribution in [0.2, 0.25) is 0 Å². The molecule has 0 saturated carbocycles. The lowest BCUT2D eigenvalue weighted by Gasteiger charge is -2.22. The lowest BCUT2D eigenvalue weighted by Crippen LogP contribution is -2.36. The number of aryl methyl sites for hydroxylation is 1. The van der Waals surface area contributed by atoms with Gasteiger partial charge in [-0.1, -0.05) is 15.9 Å². The number of carbonyl (C=O) groups is 1. The Balaban J connectivity index is 2.94. The second kappa shape index (κ2) is 7.04. The van der Waals surface area contributed by atoms with E-state index >= 15 is 0 Å². The zero-order valence-electron chi connectivity index (χ0n) is 9.80. The summed E-state index contributed by atoms with van der Waals surface area (Å²) < 4.78 is 25.7. The summed E-state index contributed by atoms with van der Waals surface area (Å²) >= 11 is 8.82. The lowest BCUT2D eigenvalue weighted by molar-refractivity contribution is 0.0570. The van der Waals surface area contributed by atoms with Crippen LogP contribution in [0.1, 0.15) is 15.9 Å². The maximum atomic E-state index is 12.4. The summed E-state index contributed by atoms with van der Waals surface area (Å²) in [5.41, 5.74) is 1.16. The monoisotopic (exact) mass is 339 g/mol. The molecule has 0 aliphatic rings. The Labute approximate surface area is 118 Å². The molecule has 1 aromatic rings. The van der Waals surface area contributed by atoms with Crippen LogP contribution in [0.3, 0.4) is 0 Å². The molecule has 0 aliphatic heterocycles. The van der Waals surface area contributed by atoms with E-state index in [1.54, 1.807) is 25.1 Å². The van der Waals surface area contributed by atoms with E-state index in [0.29, 0.717) is 5.56 Å². The summed E-state index contributed by atoms with van der Waals surface area (Å²) in [7, 11) is 0. The van der Waals surface area contributed by atoms with E-state index in [2.05, 4.69) is 15.9 Å². The molecule has 0 fully saturated rings. The molecule has 100 valence electrons. The number of benzene rings is 1. The van der Waals surface area contributed by atoms with Gasteiger partial charge in [-0.3, -0.25) is 4.79 Å². The Morgan fingerprint density at radius 1 is 1.50 bits per heavy atom. The second-order valence-corrected chi connectivity index (χ2v) is 5.08. The van der Waals surface area contributed by atoms with Gasteiger partial charge in [0, 0.05) is 22.5 Å². The Morgan fingerprint density at radius 3 is 2.67 bits per heavy atom. The molecule has 6 heteroatoms. The van der Waals surface area contributed by atoms with Gasteiger partial charge in [-0.2, -0.15) is 0 Å². The average molecular weight is 341 g/mol. The van der Waals surface area contributed by atoms with Crippen LogP contribution in [-0.4, -0.2) is 36.2 Å². The first-order valence-corrected chi connectivity index (χ1v) is 6.68. The van der Waals surface area contributed by atoms with Crippen molar-refractivity contribution in [1.29, 1.82) is 0 Å². The Morgan fingerprint density at radius 2 is 2.17 bits per heavy atom. The third-order valence-corrected chi connectivity index (χ3v) is 3.08. The van der Waals surface area contributed by atoms with E-state index in [-0.39, 0.29) is 12.4 Å². The van der Waals surface area contributed by atoms with Gasteiger partial charge in [0.15, 0.2) is 0 Å². The Bertz CT molecular complexity index is 429. The van der Waals surface area contributed by atoms with E-state index in [4.69, 9.17) is 11.6 Å². The minimum atomic E-state index is -2.56. The molecule has 0 aliphatic carbocycles. The minimum absolute atomic E-state index is 0.111. The van der Waals surface area contributed by atoms with E-state index in [0.717, 1.165) is 14.9 Å². The summed E-state index contributed by atoms with van der Waals surface area (Å²) in [5, 5.41) is 0. The van der Waals surface area contributed by atoms with Crippen molar-refractivity contribution in [3.8, 4) is 0 Å². The third kappa shape index (κ3) is 4.21. The van der Waals surface area contributed by atoms with Crippen LogP contribution in [0.5, 0.6) is 0 Å². The van der Waals surface area contributed by atoms with Crippen LogP contribution in [0.25, 0.3) is 0 Å². The number of halogens is 4. The smallest absolute Gasteiger partial charge is 0.255 e. The van der Waals surface area contributed by atoms with Crippen LogP contribution in [0.4, 0.5) is 8.78 Å². The summed E-state index contributed by atoms with van der Waals surface area (Å²) in [5.74, 6) is -0.283. The number of carbonyl (C=O) groups excluding carboxylic acids is 1. The molecule has 0 atom stereocenters. The minimum Gasteiger partial charge on any atom is -0.332 e. The molecule has 0 bridgehead atoms. The predicted molar refractivity (Wildman–Crippen MR) is 71.5 cm³/mol. The summed E-state index contributed by atoms with van der Waals surface area (Å²) in [6.07, 6.45) is -2.56. The quantitative estimate of drug-likeness (QED) is 0.748. The van der Waals surface area contributed by atoms with Crippen molar-refractivity contribution in [3.63, 3.8) is 0 Å². The Kier molecular flexibility index (Phi) is 6.02. The fraction of sp³-hybridized carbons (Fsp3) is 0.417. The summed E-state index contributed by atoms with van der Waals surface area (Å²) in [6.45, 7) is 1.28. The molecule has 0 spiro atoms. The van der Waals surface area contributed by atoms with Gasteiger partial charge in [0.25, 0.3) is 12.3 Å². The maximum Gasteiger partial charge on any atom is 0.255 e. The molecule has 1 amide bonds. The number of rotatable bonds is 5. The van der Waals surface area contributed by atoms with Gasteiger partial charge in [-0.15, -0.1) is 11.6 Å². The molecule has 0 heterocycles. The molecule has 0 N–H and O–H groups in total. The van der Waals surface area contributed by atoms with Crippen molar-refractivity contribution in [2.45, 2.75) is 13.3 Å². The van der Waals surface area contributed by atoms with E-state index in [1.807, 2.05) is 0 Å². The first kappa shape index (κ1) is 15.4. The van der Waals surface area contributed by atoms with Gasteiger partial charge in [0.2, 0.25) is 0 Å². The summed E-state index contributed by atoms with van der Waals surface area (Å²) in [4.78, 5) is 13.2. The van der Waals surface area contributed by atoms with Crippen LogP contribution >= 0.6 is 27.5 Å². The van der Waals surface area contributed by atoms with Crippen molar-refractivity contribution in [2.75, 3.05) is 19.0 Å². The molecule has 0 radical (unpaired) electrons. The third-order valence-electron chi connectivity index (χ3n) is 2.42. The predicted octanol–water partition coefficient (Wildman–Crippen LogP) is 3.70. The van der Waals surface area contributed by atoms with Crippen LogP contribution in [0, 0.1) is 6.92 Å². The molecule has 0 unspecified atom stereocenters. The van der Waals surface area contributed by atoms with Crippen molar-refractivity contribution in [1.82, 2.24) is 4.90 Å². The fourth-order valence-electron chi connectivity index (χ4n) is 1.58. The SMILES string of the molecule is Cc1cc(Br)ccc1C(=O)N(CCCl)CC(F)F. The van der Waals surface area contributed by atoms with Crippen molar-refractivity contribution < 1.29 is 13.6 Å². The highest BCUT2D eigenvalue weighted by Gasteiger charge is 2.20. The first-order chi connectivity index (χ1) is 8.45. The van der Waals surface area contributed by atoms with Crippen LogP contribution in [-0.2, 0) is 0 Å². The number of hydrogen-bond acceptors (Lipinski definition) is 1. The first-order valence-electron chi connectivity index (χ1n) is 5.35. The van der Waals surface area contributed by atoms with Gasteiger partial charge in [0.05, 0.1) is 6.54 Å². The van der Waals surface area contributed by atoms with Gasteiger partial charge < -0.3 is 4.90 Å². The molecule has 2 nitrogen and oxygen atoms in total. The van der Waals surface area contributed by atoms with Gasteiger partial charge >= 0.3 is 0 Å². The molecule has 0 aromatic heterocycles. The van der Waals surface area contributed by atoms with Crippen LogP contribution in [0.15, 0.2) is 22.7 Å². The van der Waals surface area contributed by atoms with Gasteiger partial charge in [-0.25, -0.2) is 8.78 Å². The van der Waals surface area contributed by atoms with Gasteiger partial charge in [-0.05, 0) is 30.7 Å². The largest absolute Gasteiger partial charge is 0.332 e. The molecule has 0 saturated heterocycles. The van der Waals surface area contributed by atoms with Crippen molar-refractivity contribution >= 4 is 33.4 Å². The normalized spacial score (nSPS) is 10.8.